The Morgan fingerprint density at radius 2 is 2.29 bits per heavy atom. The van der Waals surface area contributed by atoms with E-state index in [4.69, 9.17) is 9.52 Å². The minimum Gasteiger partial charge on any atom is -0.468 e. The summed E-state index contributed by atoms with van der Waals surface area (Å²) in [4.78, 5) is 15.3. The molecule has 1 aliphatic heterocycles. The number of aliphatic hydroxyl groups excluding tert-OH is 1. The van der Waals surface area contributed by atoms with Gasteiger partial charge in [0.2, 0.25) is 5.91 Å². The molecule has 0 bridgehead atoms. The number of nitrogens with one attached hydrogen (secondary N) is 1. The van der Waals surface area contributed by atoms with Gasteiger partial charge in [-0.1, -0.05) is 0 Å². The lowest BCUT2D eigenvalue weighted by Gasteiger charge is -2.31. The fourth-order valence-corrected chi connectivity index (χ4v) is 3.63. The van der Waals surface area contributed by atoms with Crippen molar-refractivity contribution in [1.29, 1.82) is 0 Å². The third kappa shape index (κ3) is 4.80. The van der Waals surface area contributed by atoms with Crippen LogP contribution in [0.1, 0.15) is 29.0 Å². The van der Waals surface area contributed by atoms with Gasteiger partial charge >= 0.3 is 0 Å². The highest BCUT2D eigenvalue weighted by Crippen LogP contribution is 2.17. The molecule has 2 N–H and O–H groups in total. The number of carbonyl (C=O) groups excluding carboxylic acids is 1. The Labute approximate surface area is 145 Å². The standard InChI is InChI=1S/C18H22N2O3S/c21-12-14-10-17(24-13-14)3-4-18(22)19-15-5-7-20(8-6-15)11-16-2-1-9-23-16/h1-4,9-10,13,15,21H,5-8,11-12H2,(H,19,22)/b4-3+. The molecule has 24 heavy (non-hydrogen) atoms. The molecule has 128 valence electrons. The van der Waals surface area contributed by atoms with Crippen LogP contribution in [0, 0.1) is 0 Å². The van der Waals surface area contributed by atoms with E-state index in [1.807, 2.05) is 23.6 Å². The second kappa shape index (κ2) is 8.28. The van der Waals surface area contributed by atoms with E-state index in [2.05, 4.69) is 10.2 Å². The molecular weight excluding hydrogens is 324 g/mol. The summed E-state index contributed by atoms with van der Waals surface area (Å²) in [5.74, 6) is 0.928. The van der Waals surface area contributed by atoms with E-state index < -0.39 is 0 Å². The number of furan rings is 1. The monoisotopic (exact) mass is 346 g/mol. The maximum absolute atomic E-state index is 12.0. The van der Waals surface area contributed by atoms with Crippen LogP contribution in [0.3, 0.4) is 0 Å². The molecule has 2 aromatic rings. The summed E-state index contributed by atoms with van der Waals surface area (Å²) in [5, 5.41) is 14.0. The van der Waals surface area contributed by atoms with Gasteiger partial charge < -0.3 is 14.8 Å². The first-order valence-electron chi connectivity index (χ1n) is 8.14. The van der Waals surface area contributed by atoms with E-state index >= 15 is 0 Å². The largest absolute Gasteiger partial charge is 0.468 e. The molecule has 3 rings (SSSR count). The van der Waals surface area contributed by atoms with E-state index in [-0.39, 0.29) is 18.6 Å². The SMILES string of the molecule is O=C(/C=C/c1cc(CO)cs1)NC1CCN(Cc2ccco2)CC1. The van der Waals surface area contributed by atoms with Crippen LogP contribution in [0.2, 0.25) is 0 Å². The Morgan fingerprint density at radius 1 is 1.46 bits per heavy atom. The third-order valence-corrected chi connectivity index (χ3v) is 5.10. The summed E-state index contributed by atoms with van der Waals surface area (Å²) in [5.41, 5.74) is 0.879. The van der Waals surface area contributed by atoms with Gasteiger partial charge in [-0.3, -0.25) is 9.69 Å². The van der Waals surface area contributed by atoms with E-state index in [1.165, 1.54) is 11.3 Å². The van der Waals surface area contributed by atoms with Crippen molar-refractivity contribution in [2.75, 3.05) is 13.1 Å². The maximum Gasteiger partial charge on any atom is 0.244 e. The zero-order chi connectivity index (χ0) is 16.8. The first kappa shape index (κ1) is 17.0. The fraction of sp³-hybridized carbons (Fsp3) is 0.389. The lowest BCUT2D eigenvalue weighted by atomic mass is 10.0. The highest BCUT2D eigenvalue weighted by atomic mass is 32.1. The van der Waals surface area contributed by atoms with Crippen LogP contribution in [0.4, 0.5) is 0 Å². The number of nitrogens with zero attached hydrogens (tertiary/aromatic N) is 1. The normalized spacial score (nSPS) is 16.7. The number of aliphatic hydroxyl groups is 1. The van der Waals surface area contributed by atoms with Gasteiger partial charge in [0.05, 0.1) is 19.4 Å². The smallest absolute Gasteiger partial charge is 0.244 e. The van der Waals surface area contributed by atoms with Gasteiger partial charge in [-0.15, -0.1) is 11.3 Å². The Hall–Kier alpha value is -1.89. The zero-order valence-electron chi connectivity index (χ0n) is 13.5. The predicted molar refractivity (Wildman–Crippen MR) is 94.4 cm³/mol. The maximum atomic E-state index is 12.0. The molecule has 0 unspecified atom stereocenters. The van der Waals surface area contributed by atoms with Gasteiger partial charge in [-0.25, -0.2) is 0 Å². The average molecular weight is 346 g/mol. The predicted octanol–water partition coefficient (Wildman–Crippen LogP) is 2.63. The fourth-order valence-electron chi connectivity index (χ4n) is 2.83. The summed E-state index contributed by atoms with van der Waals surface area (Å²) in [6, 6.07) is 6.02. The highest BCUT2D eigenvalue weighted by Gasteiger charge is 2.20. The van der Waals surface area contributed by atoms with Crippen LogP contribution in [-0.4, -0.2) is 35.0 Å². The molecule has 0 aliphatic carbocycles. The molecule has 0 aromatic carbocycles. The quantitative estimate of drug-likeness (QED) is 0.789. The van der Waals surface area contributed by atoms with Gasteiger partial charge in [-0.05, 0) is 48.1 Å². The van der Waals surface area contributed by atoms with Crippen LogP contribution in [0.15, 0.2) is 40.3 Å². The number of piperidine rings is 1. The van der Waals surface area contributed by atoms with Gasteiger partial charge in [0, 0.05) is 30.1 Å². The summed E-state index contributed by atoms with van der Waals surface area (Å²) >= 11 is 1.52. The van der Waals surface area contributed by atoms with Crippen LogP contribution in [0.5, 0.6) is 0 Å². The molecule has 1 aliphatic rings. The summed E-state index contributed by atoms with van der Waals surface area (Å²) in [6.45, 7) is 2.78. The molecule has 0 saturated carbocycles. The summed E-state index contributed by atoms with van der Waals surface area (Å²) < 4.78 is 5.38. The Bertz CT molecular complexity index is 670. The third-order valence-electron chi connectivity index (χ3n) is 4.15. The van der Waals surface area contributed by atoms with Crippen molar-refractivity contribution in [3.8, 4) is 0 Å². The van der Waals surface area contributed by atoms with Crippen molar-refractivity contribution < 1.29 is 14.3 Å². The van der Waals surface area contributed by atoms with Gasteiger partial charge in [0.1, 0.15) is 5.76 Å². The lowest BCUT2D eigenvalue weighted by Crippen LogP contribution is -2.43. The van der Waals surface area contributed by atoms with E-state index in [1.54, 1.807) is 18.4 Å². The topological polar surface area (TPSA) is 65.7 Å². The van der Waals surface area contributed by atoms with Crippen LogP contribution >= 0.6 is 11.3 Å². The van der Waals surface area contributed by atoms with Crippen molar-refractivity contribution in [1.82, 2.24) is 10.2 Å². The first-order valence-corrected chi connectivity index (χ1v) is 9.02. The van der Waals surface area contributed by atoms with Gasteiger partial charge in [-0.2, -0.15) is 0 Å². The second-order valence-corrected chi connectivity index (χ2v) is 6.93. The summed E-state index contributed by atoms with van der Waals surface area (Å²) in [7, 11) is 0. The van der Waals surface area contributed by atoms with Crippen molar-refractivity contribution in [3.63, 3.8) is 0 Å². The molecule has 6 heteroatoms. The zero-order valence-corrected chi connectivity index (χ0v) is 14.3. The van der Waals surface area contributed by atoms with E-state index in [0.717, 1.165) is 48.7 Å². The highest BCUT2D eigenvalue weighted by molar-refractivity contribution is 7.11. The average Bonchev–Trinajstić information content (AvgIpc) is 3.26. The number of hydrogen-bond acceptors (Lipinski definition) is 5. The van der Waals surface area contributed by atoms with Crippen molar-refractivity contribution in [2.24, 2.45) is 0 Å². The molecule has 0 spiro atoms. The Kier molecular flexibility index (Phi) is 5.85. The summed E-state index contributed by atoms with van der Waals surface area (Å²) in [6.07, 6.45) is 6.97. The van der Waals surface area contributed by atoms with Crippen LogP contribution in [0.25, 0.3) is 6.08 Å². The number of hydrogen-bond donors (Lipinski definition) is 2. The Morgan fingerprint density at radius 3 is 2.96 bits per heavy atom. The molecule has 2 aromatic heterocycles. The van der Waals surface area contributed by atoms with Crippen molar-refractivity contribution in [3.05, 3.63) is 52.1 Å². The minimum absolute atomic E-state index is 0.0348. The number of carbonyl (C=O) groups is 1. The number of rotatable bonds is 6. The minimum atomic E-state index is -0.0570. The molecule has 5 nitrogen and oxygen atoms in total. The van der Waals surface area contributed by atoms with Crippen LogP contribution in [-0.2, 0) is 17.9 Å². The molecule has 1 fully saturated rings. The second-order valence-electron chi connectivity index (χ2n) is 5.99. The van der Waals surface area contributed by atoms with Crippen LogP contribution < -0.4 is 5.32 Å². The first-order chi connectivity index (χ1) is 11.7. The van der Waals surface area contributed by atoms with Gasteiger partial charge in [0.15, 0.2) is 0 Å². The molecule has 1 saturated heterocycles. The molecular formula is C18H22N2O3S. The Balaban J connectivity index is 1.41. The van der Waals surface area contributed by atoms with Gasteiger partial charge in [0.25, 0.3) is 0 Å². The number of amides is 1. The van der Waals surface area contributed by atoms with Crippen molar-refractivity contribution in [2.45, 2.75) is 32.0 Å². The molecule has 1 amide bonds. The lowest BCUT2D eigenvalue weighted by molar-refractivity contribution is -0.117. The molecule has 3 heterocycles. The number of likely N-dealkylation sites (tertiary alicyclic amines) is 1. The molecule has 0 radical (unpaired) electrons. The van der Waals surface area contributed by atoms with E-state index in [9.17, 15) is 4.79 Å². The number of thiophene rings is 1. The molecule has 0 atom stereocenters. The van der Waals surface area contributed by atoms with E-state index in [0.29, 0.717) is 0 Å². The van der Waals surface area contributed by atoms with Crippen molar-refractivity contribution >= 4 is 23.3 Å².